The quantitative estimate of drug-likeness (QED) is 0.424. The average molecular weight is 505 g/mol. The van der Waals surface area contributed by atoms with Crippen LogP contribution in [0.15, 0.2) is 30.7 Å². The normalized spacial score (nSPS) is 16.9. The van der Waals surface area contributed by atoms with Crippen molar-refractivity contribution in [1.82, 2.24) is 30.4 Å². The van der Waals surface area contributed by atoms with E-state index in [1.165, 1.54) is 0 Å². The van der Waals surface area contributed by atoms with E-state index in [0.717, 1.165) is 23.4 Å². The van der Waals surface area contributed by atoms with Gasteiger partial charge in [0, 0.05) is 53.1 Å². The van der Waals surface area contributed by atoms with E-state index in [1.807, 2.05) is 31.1 Å². The molecule has 2 aromatic heterocycles. The lowest BCUT2D eigenvalue weighted by Crippen LogP contribution is -2.43. The van der Waals surface area contributed by atoms with E-state index < -0.39 is 17.3 Å². The second-order valence-electron chi connectivity index (χ2n) is 9.89. The number of alkyl halides is 2. The van der Waals surface area contributed by atoms with Crippen molar-refractivity contribution in [3.63, 3.8) is 0 Å². The summed E-state index contributed by atoms with van der Waals surface area (Å²) in [5.41, 5.74) is 1.15. The number of H-pyrrole nitrogens is 1. The third-order valence-electron chi connectivity index (χ3n) is 7.25. The van der Waals surface area contributed by atoms with Gasteiger partial charge in [-0.3, -0.25) is 9.89 Å². The van der Waals surface area contributed by atoms with Gasteiger partial charge in [-0.25, -0.2) is 18.7 Å². The summed E-state index contributed by atoms with van der Waals surface area (Å²) in [6.45, 7) is 3.05. The Kier molecular flexibility index (Phi) is 7.11. The second kappa shape index (κ2) is 9.78. The number of carbonyl (C=O) groups excluding carboxylic acids is 1. The summed E-state index contributed by atoms with van der Waals surface area (Å²) in [5, 5.41) is 11.5. The summed E-state index contributed by atoms with van der Waals surface area (Å²) in [6.07, 6.45) is 6.20. The van der Waals surface area contributed by atoms with Crippen molar-refractivity contribution in [2.75, 3.05) is 20.6 Å². The smallest absolute Gasteiger partial charge is 0.251 e. The number of hydrogen-bond donors (Lipinski definition) is 2. The largest absolute Gasteiger partial charge is 0.355 e. The Morgan fingerprint density at radius 2 is 1.94 bits per heavy atom. The van der Waals surface area contributed by atoms with Crippen LogP contribution in [0, 0.1) is 12.3 Å². The summed E-state index contributed by atoms with van der Waals surface area (Å²) in [4.78, 5) is 23.4. The van der Waals surface area contributed by atoms with E-state index >= 15 is 0 Å². The lowest BCUT2D eigenvalue weighted by Gasteiger charge is -2.32. The number of aromatic amines is 1. The highest BCUT2D eigenvalue weighted by Gasteiger charge is 2.63. The van der Waals surface area contributed by atoms with Crippen LogP contribution in [0.2, 0.25) is 5.02 Å². The number of likely N-dealkylation sites (N-methyl/N-ethyl adjacent to an activating group) is 1. The van der Waals surface area contributed by atoms with Gasteiger partial charge < -0.3 is 10.2 Å². The fourth-order valence-electron chi connectivity index (χ4n) is 4.79. The number of carbonyl (C=O) groups is 1. The number of nitrogens with one attached hydrogen (secondary N) is 2. The summed E-state index contributed by atoms with van der Waals surface area (Å²) in [6, 6.07) is 3.80. The Labute approximate surface area is 208 Å². The van der Waals surface area contributed by atoms with Crippen molar-refractivity contribution in [3.8, 4) is 0 Å². The maximum absolute atomic E-state index is 14.6. The highest BCUT2D eigenvalue weighted by Crippen LogP contribution is 2.65. The number of amides is 1. The molecule has 1 amide bonds. The maximum atomic E-state index is 14.6. The van der Waals surface area contributed by atoms with Crippen molar-refractivity contribution < 1.29 is 13.6 Å². The van der Waals surface area contributed by atoms with E-state index in [9.17, 15) is 13.6 Å². The van der Waals surface area contributed by atoms with Gasteiger partial charge in [0.1, 0.15) is 5.82 Å². The molecule has 0 saturated heterocycles. The van der Waals surface area contributed by atoms with Gasteiger partial charge in [0.05, 0.1) is 11.7 Å². The lowest BCUT2D eigenvalue weighted by molar-refractivity contribution is -0.123. The van der Waals surface area contributed by atoms with Crippen LogP contribution in [0.4, 0.5) is 8.78 Å². The first-order chi connectivity index (χ1) is 16.5. The zero-order valence-electron chi connectivity index (χ0n) is 20.4. The Hall–Kier alpha value is -2.65. The number of nitrogens with zero attached hydrogens (tertiary/aromatic N) is 4. The van der Waals surface area contributed by atoms with E-state index in [0.29, 0.717) is 42.2 Å². The molecule has 0 radical (unpaired) electrons. The van der Waals surface area contributed by atoms with Crippen LogP contribution in [0.5, 0.6) is 0 Å². The van der Waals surface area contributed by atoms with E-state index in [2.05, 4.69) is 25.5 Å². The fraction of sp³-hybridized carbons (Fsp3) is 0.520. The standard InChI is InChI=1S/C25H31ClF2N6O/c1-15-29-11-18(12-30-15)20(25(5-6-25)24(2,27)28)9-23(35)31-14-19(34(3)4)8-16-7-17-13-32-33-22(17)10-21(16)26/h7,10-13,19-20H,5-6,8-9,14H2,1-4H3,(H,31,35)(H,32,33)/t19-,20+/m0/s1. The second-order valence-corrected chi connectivity index (χ2v) is 10.3. The molecule has 1 aliphatic carbocycles. The number of aryl methyl sites for hydroxylation is 1. The minimum absolute atomic E-state index is 0.0375. The Bertz CT molecular complexity index is 1190. The highest BCUT2D eigenvalue weighted by atomic mass is 35.5. The fourth-order valence-corrected chi connectivity index (χ4v) is 5.03. The van der Waals surface area contributed by atoms with Crippen molar-refractivity contribution >= 4 is 28.4 Å². The molecule has 0 unspecified atom stereocenters. The molecule has 188 valence electrons. The van der Waals surface area contributed by atoms with E-state index in [4.69, 9.17) is 11.6 Å². The van der Waals surface area contributed by atoms with Crippen LogP contribution in [0.3, 0.4) is 0 Å². The molecule has 3 aromatic rings. The summed E-state index contributed by atoms with van der Waals surface area (Å²) in [7, 11) is 3.87. The predicted octanol–water partition coefficient (Wildman–Crippen LogP) is 4.51. The molecule has 35 heavy (non-hydrogen) atoms. The minimum atomic E-state index is -2.91. The van der Waals surface area contributed by atoms with Gasteiger partial charge in [0.15, 0.2) is 0 Å². The van der Waals surface area contributed by atoms with Crippen molar-refractivity contribution in [2.24, 2.45) is 5.41 Å². The molecule has 1 aliphatic rings. The average Bonchev–Trinajstić information content (AvgIpc) is 3.49. The lowest BCUT2D eigenvalue weighted by atomic mass is 9.78. The SMILES string of the molecule is Cc1ncc([C@@H](CC(=O)NC[C@H](Cc2cc3cn[nH]c3cc2Cl)N(C)C)C2(C(C)(F)F)CC2)cn1. The Balaban J connectivity index is 1.46. The molecule has 0 bridgehead atoms. The predicted molar refractivity (Wildman–Crippen MR) is 132 cm³/mol. The van der Waals surface area contributed by atoms with Gasteiger partial charge in [-0.2, -0.15) is 5.10 Å². The monoisotopic (exact) mass is 504 g/mol. The van der Waals surface area contributed by atoms with Gasteiger partial charge in [0.25, 0.3) is 5.92 Å². The molecule has 2 heterocycles. The zero-order valence-corrected chi connectivity index (χ0v) is 21.2. The number of halogens is 3. The van der Waals surface area contributed by atoms with Crippen molar-refractivity contribution in [3.05, 3.63) is 52.7 Å². The zero-order chi connectivity index (χ0) is 25.4. The van der Waals surface area contributed by atoms with Crippen LogP contribution in [-0.2, 0) is 11.2 Å². The molecular formula is C25H31ClF2N6O. The van der Waals surface area contributed by atoms with Gasteiger partial charge in [-0.1, -0.05) is 11.6 Å². The number of hydrogen-bond acceptors (Lipinski definition) is 5. The van der Waals surface area contributed by atoms with Gasteiger partial charge in [-0.05, 0) is 70.5 Å². The third-order valence-corrected chi connectivity index (χ3v) is 7.60. The molecule has 2 atom stereocenters. The topological polar surface area (TPSA) is 86.8 Å². The summed E-state index contributed by atoms with van der Waals surface area (Å²) in [5.74, 6) is -3.27. The van der Waals surface area contributed by atoms with E-state index in [-0.39, 0.29) is 18.4 Å². The van der Waals surface area contributed by atoms with Crippen LogP contribution < -0.4 is 5.32 Å². The molecule has 1 aromatic carbocycles. The summed E-state index contributed by atoms with van der Waals surface area (Å²) < 4.78 is 29.2. The molecule has 10 heteroatoms. The maximum Gasteiger partial charge on any atom is 0.251 e. The van der Waals surface area contributed by atoms with Crippen LogP contribution in [0.1, 0.15) is 49.1 Å². The molecule has 7 nitrogen and oxygen atoms in total. The first-order valence-electron chi connectivity index (χ1n) is 11.7. The molecule has 1 saturated carbocycles. The number of benzene rings is 1. The van der Waals surface area contributed by atoms with E-state index in [1.54, 1.807) is 25.5 Å². The first kappa shape index (κ1) is 25.4. The third kappa shape index (κ3) is 5.46. The molecule has 1 fully saturated rings. The van der Waals surface area contributed by atoms with Crippen molar-refractivity contribution in [1.29, 1.82) is 0 Å². The number of rotatable bonds is 10. The van der Waals surface area contributed by atoms with Crippen LogP contribution in [-0.4, -0.2) is 63.6 Å². The van der Waals surface area contributed by atoms with Gasteiger partial charge in [-0.15, -0.1) is 0 Å². The molecule has 4 rings (SSSR count). The number of aromatic nitrogens is 4. The Morgan fingerprint density at radius 3 is 2.54 bits per heavy atom. The van der Waals surface area contributed by atoms with Gasteiger partial charge in [0.2, 0.25) is 5.91 Å². The van der Waals surface area contributed by atoms with Gasteiger partial charge >= 0.3 is 0 Å². The number of fused-ring (bicyclic) bond motifs is 1. The first-order valence-corrected chi connectivity index (χ1v) is 12.1. The minimum Gasteiger partial charge on any atom is -0.355 e. The van der Waals surface area contributed by atoms with Crippen LogP contribution >= 0.6 is 11.6 Å². The molecular weight excluding hydrogens is 474 g/mol. The summed E-state index contributed by atoms with van der Waals surface area (Å²) >= 11 is 6.48. The molecule has 2 N–H and O–H groups in total. The molecule has 0 spiro atoms. The highest BCUT2D eigenvalue weighted by molar-refractivity contribution is 6.32. The Morgan fingerprint density at radius 1 is 1.26 bits per heavy atom. The van der Waals surface area contributed by atoms with Crippen molar-refractivity contribution in [2.45, 2.75) is 57.4 Å². The molecule has 0 aliphatic heterocycles. The van der Waals surface area contributed by atoms with Crippen LogP contribution in [0.25, 0.3) is 10.9 Å².